The fraction of sp³-hybridized carbons (Fsp3) is 0.417. The van der Waals surface area contributed by atoms with Gasteiger partial charge in [-0.2, -0.15) is 0 Å². The number of benzene rings is 1. The van der Waals surface area contributed by atoms with Gasteiger partial charge in [0.05, 0.1) is 6.61 Å². The molecule has 3 heteroatoms. The van der Waals surface area contributed by atoms with E-state index in [9.17, 15) is 4.79 Å². The monoisotopic (exact) mass is 318 g/mol. The lowest BCUT2D eigenvalue weighted by atomic mass is 10.1. The van der Waals surface area contributed by atoms with E-state index < -0.39 is 0 Å². The highest BCUT2D eigenvalue weighted by molar-refractivity contribution is 14.1. The Morgan fingerprint density at radius 3 is 2.53 bits per heavy atom. The van der Waals surface area contributed by atoms with Crippen LogP contribution in [0, 0.1) is 3.57 Å². The van der Waals surface area contributed by atoms with Gasteiger partial charge in [-0.05, 0) is 60.6 Å². The largest absolute Gasteiger partial charge is 0.494 e. The third-order valence-electron chi connectivity index (χ3n) is 2.19. The molecule has 1 aromatic carbocycles. The number of carbonyl (C=O) groups excluding carboxylic acids is 1. The Bertz CT molecular complexity index is 372. The molecule has 0 saturated carbocycles. The van der Waals surface area contributed by atoms with E-state index in [1.54, 1.807) is 6.92 Å². The SMILES string of the molecule is CCOc1cc(CC)c(I)c(C(C)=O)c1. The van der Waals surface area contributed by atoms with Crippen LogP contribution in [0.15, 0.2) is 12.1 Å². The van der Waals surface area contributed by atoms with Gasteiger partial charge in [-0.1, -0.05) is 6.92 Å². The first-order chi connectivity index (χ1) is 7.10. The molecule has 0 aliphatic rings. The normalized spacial score (nSPS) is 10.1. The molecule has 0 heterocycles. The van der Waals surface area contributed by atoms with Gasteiger partial charge in [0.2, 0.25) is 0 Å². The average molecular weight is 318 g/mol. The molecule has 0 atom stereocenters. The average Bonchev–Trinajstić information content (AvgIpc) is 2.20. The fourth-order valence-corrected chi connectivity index (χ4v) is 2.49. The fourth-order valence-electron chi connectivity index (χ4n) is 1.42. The Labute approximate surface area is 104 Å². The van der Waals surface area contributed by atoms with E-state index in [0.717, 1.165) is 21.3 Å². The number of halogens is 1. The molecule has 1 aromatic rings. The maximum Gasteiger partial charge on any atom is 0.161 e. The Morgan fingerprint density at radius 2 is 2.07 bits per heavy atom. The standard InChI is InChI=1S/C12H15IO2/c1-4-9-6-10(15-5-2)7-11(8(3)14)12(9)13/h6-7H,4-5H2,1-3H3. The lowest BCUT2D eigenvalue weighted by Gasteiger charge is -2.10. The molecule has 0 fully saturated rings. The van der Waals surface area contributed by atoms with Crippen molar-refractivity contribution in [1.29, 1.82) is 0 Å². The molecule has 82 valence electrons. The van der Waals surface area contributed by atoms with E-state index in [1.165, 1.54) is 5.56 Å². The third-order valence-corrected chi connectivity index (χ3v) is 3.47. The van der Waals surface area contributed by atoms with Crippen LogP contribution in [0.2, 0.25) is 0 Å². The van der Waals surface area contributed by atoms with E-state index in [1.807, 2.05) is 19.1 Å². The third kappa shape index (κ3) is 2.93. The minimum Gasteiger partial charge on any atom is -0.494 e. The minimum absolute atomic E-state index is 0.0932. The predicted molar refractivity (Wildman–Crippen MR) is 69.7 cm³/mol. The summed E-state index contributed by atoms with van der Waals surface area (Å²) in [6.45, 7) is 6.24. The molecular formula is C12H15IO2. The van der Waals surface area contributed by atoms with Crippen LogP contribution in [0.5, 0.6) is 5.75 Å². The topological polar surface area (TPSA) is 26.3 Å². The number of ketones is 1. The highest BCUT2D eigenvalue weighted by atomic mass is 127. The number of hydrogen-bond acceptors (Lipinski definition) is 2. The van der Waals surface area contributed by atoms with Crippen LogP contribution in [-0.4, -0.2) is 12.4 Å². The van der Waals surface area contributed by atoms with Gasteiger partial charge < -0.3 is 4.74 Å². The van der Waals surface area contributed by atoms with Crippen molar-refractivity contribution in [2.75, 3.05) is 6.61 Å². The molecule has 0 aromatic heterocycles. The second-order valence-electron chi connectivity index (χ2n) is 3.29. The zero-order valence-electron chi connectivity index (χ0n) is 9.26. The number of ether oxygens (including phenoxy) is 1. The molecular weight excluding hydrogens is 303 g/mol. The zero-order chi connectivity index (χ0) is 11.4. The van der Waals surface area contributed by atoms with E-state index in [0.29, 0.717) is 6.61 Å². The van der Waals surface area contributed by atoms with Crippen LogP contribution < -0.4 is 4.74 Å². The second kappa shape index (κ2) is 5.49. The molecule has 0 aliphatic heterocycles. The Kier molecular flexibility index (Phi) is 4.57. The summed E-state index contributed by atoms with van der Waals surface area (Å²) in [4.78, 5) is 11.4. The number of aryl methyl sites for hydroxylation is 1. The maximum atomic E-state index is 11.4. The van der Waals surface area contributed by atoms with Crippen LogP contribution in [0.25, 0.3) is 0 Å². The van der Waals surface area contributed by atoms with Crippen molar-refractivity contribution in [2.24, 2.45) is 0 Å². The zero-order valence-corrected chi connectivity index (χ0v) is 11.4. The molecule has 1 rings (SSSR count). The molecule has 0 spiro atoms. The highest BCUT2D eigenvalue weighted by Gasteiger charge is 2.11. The van der Waals surface area contributed by atoms with Crippen LogP contribution in [0.3, 0.4) is 0 Å². The summed E-state index contributed by atoms with van der Waals surface area (Å²) in [7, 11) is 0. The Morgan fingerprint density at radius 1 is 1.40 bits per heavy atom. The number of rotatable bonds is 4. The summed E-state index contributed by atoms with van der Waals surface area (Å²) in [6.07, 6.45) is 0.916. The lowest BCUT2D eigenvalue weighted by molar-refractivity contribution is 0.101. The van der Waals surface area contributed by atoms with Gasteiger partial charge in [-0.15, -0.1) is 0 Å². The van der Waals surface area contributed by atoms with Crippen molar-refractivity contribution in [3.63, 3.8) is 0 Å². The van der Waals surface area contributed by atoms with E-state index in [-0.39, 0.29) is 5.78 Å². The molecule has 15 heavy (non-hydrogen) atoms. The van der Waals surface area contributed by atoms with Crippen molar-refractivity contribution in [3.8, 4) is 5.75 Å². The van der Waals surface area contributed by atoms with Gasteiger partial charge in [0.1, 0.15) is 5.75 Å². The number of Topliss-reactive ketones (excluding diaryl/α,β-unsaturated/α-hetero) is 1. The van der Waals surface area contributed by atoms with Gasteiger partial charge in [0.15, 0.2) is 5.78 Å². The molecule has 0 saturated heterocycles. The molecule has 0 radical (unpaired) electrons. The molecule has 2 nitrogen and oxygen atoms in total. The highest BCUT2D eigenvalue weighted by Crippen LogP contribution is 2.25. The summed E-state index contributed by atoms with van der Waals surface area (Å²) in [6, 6.07) is 3.84. The summed E-state index contributed by atoms with van der Waals surface area (Å²) in [5.41, 5.74) is 1.94. The van der Waals surface area contributed by atoms with Crippen molar-refractivity contribution in [3.05, 3.63) is 26.8 Å². The van der Waals surface area contributed by atoms with Gasteiger partial charge in [0, 0.05) is 9.13 Å². The summed E-state index contributed by atoms with van der Waals surface area (Å²) < 4.78 is 6.49. The second-order valence-corrected chi connectivity index (χ2v) is 4.37. The molecule has 0 amide bonds. The first-order valence-electron chi connectivity index (χ1n) is 5.06. The van der Waals surface area contributed by atoms with Crippen LogP contribution in [-0.2, 0) is 6.42 Å². The first-order valence-corrected chi connectivity index (χ1v) is 6.14. The maximum absolute atomic E-state index is 11.4. The van der Waals surface area contributed by atoms with Gasteiger partial charge in [-0.25, -0.2) is 0 Å². The lowest BCUT2D eigenvalue weighted by Crippen LogP contribution is -2.02. The molecule has 0 N–H and O–H groups in total. The first kappa shape index (κ1) is 12.5. The van der Waals surface area contributed by atoms with Gasteiger partial charge >= 0.3 is 0 Å². The quantitative estimate of drug-likeness (QED) is 0.628. The Hall–Kier alpha value is -0.580. The molecule has 0 unspecified atom stereocenters. The minimum atomic E-state index is 0.0932. The van der Waals surface area contributed by atoms with Crippen LogP contribution in [0.1, 0.15) is 36.7 Å². The molecule has 0 bridgehead atoms. The summed E-state index contributed by atoms with van der Waals surface area (Å²) >= 11 is 2.22. The Balaban J connectivity index is 3.25. The number of carbonyl (C=O) groups is 1. The van der Waals surface area contributed by atoms with E-state index in [2.05, 4.69) is 29.5 Å². The van der Waals surface area contributed by atoms with Gasteiger partial charge in [-0.3, -0.25) is 4.79 Å². The van der Waals surface area contributed by atoms with Crippen molar-refractivity contribution in [2.45, 2.75) is 27.2 Å². The van der Waals surface area contributed by atoms with Crippen molar-refractivity contribution >= 4 is 28.4 Å². The van der Waals surface area contributed by atoms with Crippen LogP contribution >= 0.6 is 22.6 Å². The van der Waals surface area contributed by atoms with E-state index >= 15 is 0 Å². The van der Waals surface area contributed by atoms with Crippen molar-refractivity contribution in [1.82, 2.24) is 0 Å². The summed E-state index contributed by atoms with van der Waals surface area (Å²) in [5, 5.41) is 0. The van der Waals surface area contributed by atoms with E-state index in [4.69, 9.17) is 4.74 Å². The summed E-state index contributed by atoms with van der Waals surface area (Å²) in [5.74, 6) is 0.885. The van der Waals surface area contributed by atoms with Crippen LogP contribution in [0.4, 0.5) is 0 Å². The van der Waals surface area contributed by atoms with Crippen molar-refractivity contribution < 1.29 is 9.53 Å². The van der Waals surface area contributed by atoms with Gasteiger partial charge in [0.25, 0.3) is 0 Å². The number of hydrogen-bond donors (Lipinski definition) is 0. The smallest absolute Gasteiger partial charge is 0.161 e. The predicted octanol–water partition coefficient (Wildman–Crippen LogP) is 3.45. The molecule has 0 aliphatic carbocycles.